The van der Waals surface area contributed by atoms with Crippen LogP contribution in [0.3, 0.4) is 0 Å². The third-order valence-corrected chi connectivity index (χ3v) is 3.29. The van der Waals surface area contributed by atoms with E-state index >= 15 is 0 Å². The summed E-state index contributed by atoms with van der Waals surface area (Å²) in [5, 5.41) is 6.50. The highest BCUT2D eigenvalue weighted by Gasteiger charge is 2.15. The normalized spacial score (nSPS) is 10.4. The Morgan fingerprint density at radius 3 is 2.94 bits per heavy atom. The first-order valence-corrected chi connectivity index (χ1v) is 6.28. The van der Waals surface area contributed by atoms with Gasteiger partial charge in [0.05, 0.1) is 5.69 Å². The molecule has 1 aromatic carbocycles. The lowest BCUT2D eigenvalue weighted by atomic mass is 10.2. The van der Waals surface area contributed by atoms with Gasteiger partial charge in [-0.15, -0.1) is 5.10 Å². The smallest absolute Gasteiger partial charge is 0.269 e. The van der Waals surface area contributed by atoms with Crippen LogP contribution in [-0.4, -0.2) is 15.5 Å². The summed E-state index contributed by atoms with van der Waals surface area (Å²) in [7, 11) is 0. The number of hydrogen-bond donors (Lipinski definition) is 1. The van der Waals surface area contributed by atoms with Crippen LogP contribution in [0.5, 0.6) is 0 Å². The van der Waals surface area contributed by atoms with Crippen LogP contribution in [0.25, 0.3) is 0 Å². The summed E-state index contributed by atoms with van der Waals surface area (Å²) in [6.07, 6.45) is 0.640. The van der Waals surface area contributed by atoms with Gasteiger partial charge in [0, 0.05) is 5.69 Å². The Balaban J connectivity index is 2.19. The number of rotatable bonds is 3. The van der Waals surface area contributed by atoms with Gasteiger partial charge in [-0.3, -0.25) is 4.79 Å². The van der Waals surface area contributed by atoms with Crippen molar-refractivity contribution in [1.82, 2.24) is 9.59 Å². The van der Waals surface area contributed by atoms with Gasteiger partial charge in [-0.25, -0.2) is 4.39 Å². The maximum Gasteiger partial charge on any atom is 0.269 e. The molecule has 0 spiro atoms. The molecule has 6 heteroatoms. The molecular formula is C12H12FN3OS. The summed E-state index contributed by atoms with van der Waals surface area (Å²) in [4.78, 5) is 12.4. The minimum absolute atomic E-state index is 0.301. The quantitative estimate of drug-likeness (QED) is 0.928. The van der Waals surface area contributed by atoms with Gasteiger partial charge in [0.1, 0.15) is 10.7 Å². The molecule has 0 aliphatic rings. The van der Waals surface area contributed by atoms with E-state index in [0.29, 0.717) is 28.2 Å². The molecule has 2 aromatic rings. The van der Waals surface area contributed by atoms with Crippen LogP contribution in [0.1, 0.15) is 27.9 Å². The van der Waals surface area contributed by atoms with Crippen LogP contribution in [-0.2, 0) is 6.42 Å². The predicted molar refractivity (Wildman–Crippen MR) is 68.4 cm³/mol. The molecule has 4 nitrogen and oxygen atoms in total. The molecule has 0 fully saturated rings. The highest BCUT2D eigenvalue weighted by atomic mass is 32.1. The lowest BCUT2D eigenvalue weighted by Crippen LogP contribution is -2.12. The Labute approximate surface area is 108 Å². The highest BCUT2D eigenvalue weighted by Crippen LogP contribution is 2.17. The molecule has 1 heterocycles. The Bertz CT molecular complexity index is 582. The van der Waals surface area contributed by atoms with E-state index in [1.165, 1.54) is 6.07 Å². The average Bonchev–Trinajstić information content (AvgIpc) is 2.82. The Hall–Kier alpha value is -1.82. The van der Waals surface area contributed by atoms with Gasteiger partial charge in [-0.1, -0.05) is 17.5 Å². The van der Waals surface area contributed by atoms with Gasteiger partial charge in [0.15, 0.2) is 0 Å². The SMILES string of the molecule is CCc1nnsc1C(=O)Nc1ccc(C)c(F)c1. The average molecular weight is 265 g/mol. The van der Waals surface area contributed by atoms with Gasteiger partial charge < -0.3 is 5.32 Å². The van der Waals surface area contributed by atoms with Crippen molar-refractivity contribution in [3.8, 4) is 0 Å². The van der Waals surface area contributed by atoms with Gasteiger partial charge in [-0.2, -0.15) is 0 Å². The van der Waals surface area contributed by atoms with E-state index in [1.54, 1.807) is 19.1 Å². The number of carbonyl (C=O) groups is 1. The molecule has 0 bridgehead atoms. The molecule has 1 amide bonds. The van der Waals surface area contributed by atoms with Crippen LogP contribution in [0, 0.1) is 12.7 Å². The van der Waals surface area contributed by atoms with E-state index in [9.17, 15) is 9.18 Å². The zero-order chi connectivity index (χ0) is 13.1. The molecule has 0 atom stereocenters. The molecule has 18 heavy (non-hydrogen) atoms. The second kappa shape index (κ2) is 5.22. The Morgan fingerprint density at radius 1 is 1.50 bits per heavy atom. The summed E-state index contributed by atoms with van der Waals surface area (Å²) >= 11 is 1.04. The van der Waals surface area contributed by atoms with E-state index in [4.69, 9.17) is 0 Å². The van der Waals surface area contributed by atoms with Gasteiger partial charge in [-0.05, 0) is 42.6 Å². The number of anilines is 1. The van der Waals surface area contributed by atoms with Crippen molar-refractivity contribution in [2.45, 2.75) is 20.3 Å². The lowest BCUT2D eigenvalue weighted by Gasteiger charge is -2.05. The molecular weight excluding hydrogens is 253 g/mol. The van der Waals surface area contributed by atoms with Crippen molar-refractivity contribution in [3.63, 3.8) is 0 Å². The minimum Gasteiger partial charge on any atom is -0.321 e. The summed E-state index contributed by atoms with van der Waals surface area (Å²) in [5.74, 6) is -0.643. The van der Waals surface area contributed by atoms with Crippen LogP contribution in [0.2, 0.25) is 0 Å². The fourth-order valence-corrected chi connectivity index (χ4v) is 2.12. The fraction of sp³-hybridized carbons (Fsp3) is 0.250. The molecule has 0 aliphatic carbocycles. The summed E-state index contributed by atoms with van der Waals surface area (Å²) in [6, 6.07) is 4.58. The molecule has 0 saturated heterocycles. The number of nitrogens with zero attached hydrogens (tertiary/aromatic N) is 2. The largest absolute Gasteiger partial charge is 0.321 e. The number of nitrogens with one attached hydrogen (secondary N) is 1. The lowest BCUT2D eigenvalue weighted by molar-refractivity contribution is 0.102. The molecule has 0 aliphatic heterocycles. The number of aryl methyl sites for hydroxylation is 2. The number of benzene rings is 1. The van der Waals surface area contributed by atoms with Gasteiger partial charge in [0.25, 0.3) is 5.91 Å². The van der Waals surface area contributed by atoms with Crippen molar-refractivity contribution in [3.05, 3.63) is 40.2 Å². The van der Waals surface area contributed by atoms with E-state index in [-0.39, 0.29) is 11.7 Å². The van der Waals surface area contributed by atoms with Crippen LogP contribution in [0.15, 0.2) is 18.2 Å². The van der Waals surface area contributed by atoms with Crippen molar-refractivity contribution in [1.29, 1.82) is 0 Å². The van der Waals surface area contributed by atoms with Gasteiger partial charge in [0.2, 0.25) is 0 Å². The van der Waals surface area contributed by atoms with E-state index in [1.807, 2.05) is 6.92 Å². The molecule has 1 N–H and O–H groups in total. The highest BCUT2D eigenvalue weighted by molar-refractivity contribution is 7.08. The van der Waals surface area contributed by atoms with Crippen molar-refractivity contribution < 1.29 is 9.18 Å². The Morgan fingerprint density at radius 2 is 2.28 bits per heavy atom. The van der Waals surface area contributed by atoms with E-state index < -0.39 is 0 Å². The van der Waals surface area contributed by atoms with Crippen LogP contribution in [0.4, 0.5) is 10.1 Å². The first-order valence-electron chi connectivity index (χ1n) is 5.50. The molecule has 0 unspecified atom stereocenters. The predicted octanol–water partition coefficient (Wildman–Crippen LogP) is 2.80. The topological polar surface area (TPSA) is 54.9 Å². The number of amides is 1. The third kappa shape index (κ3) is 2.53. The number of carbonyl (C=O) groups excluding carboxylic acids is 1. The monoisotopic (exact) mass is 265 g/mol. The summed E-state index contributed by atoms with van der Waals surface area (Å²) < 4.78 is 17.1. The Kier molecular flexibility index (Phi) is 3.66. The number of hydrogen-bond acceptors (Lipinski definition) is 4. The fourth-order valence-electron chi connectivity index (χ4n) is 1.47. The zero-order valence-electron chi connectivity index (χ0n) is 10.0. The van der Waals surface area contributed by atoms with Crippen LogP contribution < -0.4 is 5.32 Å². The summed E-state index contributed by atoms with van der Waals surface area (Å²) in [5.41, 5.74) is 1.63. The first kappa shape index (κ1) is 12.6. The maximum atomic E-state index is 13.3. The van der Waals surface area contributed by atoms with Crippen molar-refractivity contribution in [2.24, 2.45) is 0 Å². The van der Waals surface area contributed by atoms with E-state index in [2.05, 4.69) is 14.9 Å². The second-order valence-electron chi connectivity index (χ2n) is 3.82. The number of halogens is 1. The molecule has 2 rings (SSSR count). The third-order valence-electron chi connectivity index (χ3n) is 2.53. The van der Waals surface area contributed by atoms with Crippen molar-refractivity contribution in [2.75, 3.05) is 5.32 Å². The first-order chi connectivity index (χ1) is 8.61. The maximum absolute atomic E-state index is 13.3. The molecule has 0 radical (unpaired) electrons. The standard InChI is InChI=1S/C12H12FN3OS/c1-3-10-11(18-16-15-10)12(17)14-8-5-4-7(2)9(13)6-8/h4-6H,3H2,1-2H3,(H,14,17). The molecule has 0 saturated carbocycles. The van der Waals surface area contributed by atoms with E-state index in [0.717, 1.165) is 11.5 Å². The second-order valence-corrected chi connectivity index (χ2v) is 4.57. The molecule has 1 aromatic heterocycles. The van der Waals surface area contributed by atoms with Crippen LogP contribution >= 0.6 is 11.5 Å². The van der Waals surface area contributed by atoms with Crippen molar-refractivity contribution >= 4 is 23.1 Å². The van der Waals surface area contributed by atoms with Gasteiger partial charge >= 0.3 is 0 Å². The number of aromatic nitrogens is 2. The minimum atomic E-state index is -0.342. The molecule has 94 valence electrons. The zero-order valence-corrected chi connectivity index (χ0v) is 10.8. The summed E-state index contributed by atoms with van der Waals surface area (Å²) in [6.45, 7) is 3.57.